The average molecular weight is 188 g/mol. The first-order valence-electron chi connectivity index (χ1n) is 5.81. The maximum atomic E-state index is 2.46. The van der Waals surface area contributed by atoms with Crippen LogP contribution in [0.1, 0.15) is 52.4 Å². The lowest BCUT2D eigenvalue weighted by Crippen LogP contribution is -2.01. The summed E-state index contributed by atoms with van der Waals surface area (Å²) in [6.07, 6.45) is 12.7. The number of hydrogen-bond acceptors (Lipinski definition) is 0. The standard InChI is InChI=1S/C14H20/c1-11-8-9-14(10-12(11)2)13-6-4-3-5-7-13/h6,9H,3-5,7-8,10H2,1-2H3. The lowest BCUT2D eigenvalue weighted by atomic mass is 9.85. The van der Waals surface area contributed by atoms with Crippen LogP contribution in [0.25, 0.3) is 0 Å². The van der Waals surface area contributed by atoms with E-state index in [1.165, 1.54) is 38.5 Å². The van der Waals surface area contributed by atoms with Gasteiger partial charge in [-0.1, -0.05) is 23.3 Å². The summed E-state index contributed by atoms with van der Waals surface area (Å²) < 4.78 is 0. The van der Waals surface area contributed by atoms with Gasteiger partial charge in [0.1, 0.15) is 0 Å². The van der Waals surface area contributed by atoms with Crippen LogP contribution in [-0.4, -0.2) is 0 Å². The van der Waals surface area contributed by atoms with Crippen molar-refractivity contribution in [3.8, 4) is 0 Å². The van der Waals surface area contributed by atoms with Gasteiger partial charge in [0, 0.05) is 0 Å². The molecule has 0 saturated heterocycles. The molecule has 76 valence electrons. The summed E-state index contributed by atoms with van der Waals surface area (Å²) in [6.45, 7) is 4.55. The molecule has 0 spiro atoms. The first-order valence-corrected chi connectivity index (χ1v) is 5.81. The molecular formula is C14H20. The molecule has 0 bridgehead atoms. The van der Waals surface area contributed by atoms with Crippen molar-refractivity contribution < 1.29 is 0 Å². The molecule has 2 aliphatic rings. The highest BCUT2D eigenvalue weighted by Gasteiger charge is 2.13. The summed E-state index contributed by atoms with van der Waals surface area (Å²) in [6, 6.07) is 0. The van der Waals surface area contributed by atoms with Gasteiger partial charge in [0.25, 0.3) is 0 Å². The van der Waals surface area contributed by atoms with E-state index in [9.17, 15) is 0 Å². The van der Waals surface area contributed by atoms with Crippen LogP contribution in [0.2, 0.25) is 0 Å². The molecule has 0 aromatic carbocycles. The Hall–Kier alpha value is -0.780. The Morgan fingerprint density at radius 2 is 1.79 bits per heavy atom. The zero-order valence-electron chi connectivity index (χ0n) is 9.40. The third-order valence-electron chi connectivity index (χ3n) is 3.54. The van der Waals surface area contributed by atoms with Gasteiger partial charge in [-0.05, 0) is 63.5 Å². The van der Waals surface area contributed by atoms with Gasteiger partial charge in [0.15, 0.2) is 0 Å². The van der Waals surface area contributed by atoms with Crippen LogP contribution in [0, 0.1) is 0 Å². The minimum Gasteiger partial charge on any atom is -0.0810 e. The first-order chi connectivity index (χ1) is 6.77. The van der Waals surface area contributed by atoms with Crippen LogP contribution in [0.4, 0.5) is 0 Å². The number of allylic oxidation sites excluding steroid dienone is 6. The fourth-order valence-electron chi connectivity index (χ4n) is 2.33. The molecule has 0 aromatic rings. The van der Waals surface area contributed by atoms with E-state index in [1.54, 1.807) is 22.3 Å². The predicted molar refractivity (Wildman–Crippen MR) is 62.2 cm³/mol. The van der Waals surface area contributed by atoms with E-state index in [1.807, 2.05) is 0 Å². The van der Waals surface area contributed by atoms with E-state index >= 15 is 0 Å². The second-order valence-corrected chi connectivity index (χ2v) is 4.65. The Morgan fingerprint density at radius 1 is 0.929 bits per heavy atom. The van der Waals surface area contributed by atoms with Gasteiger partial charge >= 0.3 is 0 Å². The van der Waals surface area contributed by atoms with Gasteiger partial charge in [-0.25, -0.2) is 0 Å². The van der Waals surface area contributed by atoms with Crippen molar-refractivity contribution in [2.75, 3.05) is 0 Å². The van der Waals surface area contributed by atoms with Crippen molar-refractivity contribution in [2.45, 2.75) is 52.4 Å². The Morgan fingerprint density at radius 3 is 2.43 bits per heavy atom. The molecular weight excluding hydrogens is 168 g/mol. The minimum atomic E-state index is 1.18. The maximum absolute atomic E-state index is 2.46. The maximum Gasteiger partial charge on any atom is -0.00676 e. The molecule has 0 atom stereocenters. The molecule has 0 nitrogen and oxygen atoms in total. The molecule has 0 unspecified atom stereocenters. The smallest absolute Gasteiger partial charge is 0.00676 e. The largest absolute Gasteiger partial charge is 0.0810 e. The molecule has 0 heteroatoms. The minimum absolute atomic E-state index is 1.18. The molecule has 0 aliphatic heterocycles. The lowest BCUT2D eigenvalue weighted by Gasteiger charge is -2.21. The zero-order valence-corrected chi connectivity index (χ0v) is 9.40. The van der Waals surface area contributed by atoms with E-state index in [0.717, 1.165) is 0 Å². The van der Waals surface area contributed by atoms with E-state index in [0.29, 0.717) is 0 Å². The predicted octanol–water partition coefficient (Wildman–Crippen LogP) is 4.54. The van der Waals surface area contributed by atoms with Crippen molar-refractivity contribution in [3.63, 3.8) is 0 Å². The van der Waals surface area contributed by atoms with Gasteiger partial charge in [-0.15, -0.1) is 0 Å². The Bertz CT molecular complexity index is 313. The van der Waals surface area contributed by atoms with Gasteiger partial charge in [0.2, 0.25) is 0 Å². The second-order valence-electron chi connectivity index (χ2n) is 4.65. The zero-order chi connectivity index (χ0) is 9.97. The topological polar surface area (TPSA) is 0 Å². The van der Waals surface area contributed by atoms with Crippen LogP contribution in [0.15, 0.2) is 34.4 Å². The molecule has 0 aromatic heterocycles. The van der Waals surface area contributed by atoms with E-state index < -0.39 is 0 Å². The first kappa shape index (κ1) is 9.76. The average Bonchev–Trinajstić information content (AvgIpc) is 2.23. The highest BCUT2D eigenvalue weighted by Crippen LogP contribution is 2.32. The van der Waals surface area contributed by atoms with Crippen molar-refractivity contribution in [1.29, 1.82) is 0 Å². The molecule has 0 heterocycles. The fourth-order valence-corrected chi connectivity index (χ4v) is 2.33. The van der Waals surface area contributed by atoms with Crippen LogP contribution in [-0.2, 0) is 0 Å². The summed E-state index contributed by atoms with van der Waals surface area (Å²) in [5.74, 6) is 0. The molecule has 0 fully saturated rings. The molecule has 0 saturated carbocycles. The Kier molecular flexibility index (Phi) is 2.90. The van der Waals surface area contributed by atoms with E-state index in [4.69, 9.17) is 0 Å². The lowest BCUT2D eigenvalue weighted by molar-refractivity contribution is 0.700. The summed E-state index contributed by atoms with van der Waals surface area (Å²) >= 11 is 0. The van der Waals surface area contributed by atoms with Crippen LogP contribution < -0.4 is 0 Å². The molecule has 0 N–H and O–H groups in total. The molecule has 2 aliphatic carbocycles. The summed E-state index contributed by atoms with van der Waals surface area (Å²) in [5.41, 5.74) is 6.43. The van der Waals surface area contributed by atoms with Crippen molar-refractivity contribution >= 4 is 0 Å². The molecule has 14 heavy (non-hydrogen) atoms. The van der Waals surface area contributed by atoms with Crippen LogP contribution in [0.5, 0.6) is 0 Å². The second kappa shape index (κ2) is 4.16. The number of rotatable bonds is 1. The molecule has 0 amide bonds. The van der Waals surface area contributed by atoms with Gasteiger partial charge in [0.05, 0.1) is 0 Å². The van der Waals surface area contributed by atoms with Gasteiger partial charge in [-0.2, -0.15) is 0 Å². The van der Waals surface area contributed by atoms with Crippen molar-refractivity contribution in [3.05, 3.63) is 34.4 Å². The number of hydrogen-bond donors (Lipinski definition) is 0. The van der Waals surface area contributed by atoms with Gasteiger partial charge in [-0.3, -0.25) is 0 Å². The van der Waals surface area contributed by atoms with Crippen molar-refractivity contribution in [2.24, 2.45) is 0 Å². The monoisotopic (exact) mass is 188 g/mol. The normalized spacial score (nSPS) is 23.3. The van der Waals surface area contributed by atoms with E-state index in [2.05, 4.69) is 26.0 Å². The van der Waals surface area contributed by atoms with Crippen molar-refractivity contribution in [1.82, 2.24) is 0 Å². The van der Waals surface area contributed by atoms with Gasteiger partial charge < -0.3 is 0 Å². The quantitative estimate of drug-likeness (QED) is 0.530. The summed E-state index contributed by atoms with van der Waals surface area (Å²) in [5, 5.41) is 0. The highest BCUT2D eigenvalue weighted by atomic mass is 14.2. The summed E-state index contributed by atoms with van der Waals surface area (Å²) in [4.78, 5) is 0. The Balaban J connectivity index is 2.10. The third-order valence-corrected chi connectivity index (χ3v) is 3.54. The van der Waals surface area contributed by atoms with Crippen LogP contribution in [0.3, 0.4) is 0 Å². The highest BCUT2D eigenvalue weighted by molar-refractivity contribution is 5.40. The third kappa shape index (κ3) is 2.00. The molecule has 2 rings (SSSR count). The SMILES string of the molecule is CC1=C(C)CC(C2=CCCCC2)=CC1. The summed E-state index contributed by atoms with van der Waals surface area (Å²) in [7, 11) is 0. The van der Waals surface area contributed by atoms with Crippen LogP contribution >= 0.6 is 0 Å². The molecule has 0 radical (unpaired) electrons. The Labute approximate surface area is 87.4 Å². The fraction of sp³-hybridized carbons (Fsp3) is 0.571. The van der Waals surface area contributed by atoms with E-state index in [-0.39, 0.29) is 0 Å².